The topological polar surface area (TPSA) is 80.3 Å². The minimum Gasteiger partial charge on any atom is -0.352 e. The van der Waals surface area contributed by atoms with Crippen LogP contribution in [-0.4, -0.2) is 43.4 Å². The largest absolute Gasteiger partial charge is 0.417 e. The summed E-state index contributed by atoms with van der Waals surface area (Å²) in [5, 5.41) is 15.4. The third-order valence-corrected chi connectivity index (χ3v) is 5.96. The summed E-state index contributed by atoms with van der Waals surface area (Å²) in [7, 11) is 1.87. The van der Waals surface area contributed by atoms with Gasteiger partial charge in [-0.1, -0.05) is 0 Å². The first-order valence-corrected chi connectivity index (χ1v) is 10.1. The predicted molar refractivity (Wildman–Crippen MR) is 107 cm³/mol. The zero-order valence-corrected chi connectivity index (χ0v) is 17.6. The molecule has 0 spiro atoms. The number of nitrogens with zero attached hydrogens (tertiary/aromatic N) is 6. The number of carbonyl (C=O) groups is 1. The molecular formula is C20H24F3N7O. The number of nitrogens with one attached hydrogen (secondary N) is 1. The summed E-state index contributed by atoms with van der Waals surface area (Å²) in [5.74, 6) is 0.188. The molecular weight excluding hydrogens is 411 g/mol. The summed E-state index contributed by atoms with van der Waals surface area (Å²) in [5.41, 5.74) is 2.53. The van der Waals surface area contributed by atoms with E-state index in [1.807, 2.05) is 25.8 Å². The number of rotatable bonds is 4. The van der Waals surface area contributed by atoms with Gasteiger partial charge in [0.15, 0.2) is 5.65 Å². The fraction of sp³-hybridized carbons (Fsp3) is 0.500. The van der Waals surface area contributed by atoms with Crippen LogP contribution < -0.4 is 10.2 Å². The monoisotopic (exact) mass is 435 g/mol. The molecule has 0 aromatic carbocycles. The van der Waals surface area contributed by atoms with Crippen LogP contribution in [0.15, 0.2) is 18.3 Å². The standard InChI is InChI=1S/C20H24F3N7O/c1-12-16(13(2)28(3)27-12)10-24-18(31)14-6-8-29(9-7-14)19-26-25-17-5-4-15(11-30(17)19)20(21,22)23/h4-5,11,14H,6-10H2,1-3H3,(H,24,31). The van der Waals surface area contributed by atoms with Crippen molar-refractivity contribution in [2.24, 2.45) is 13.0 Å². The first-order valence-electron chi connectivity index (χ1n) is 10.1. The van der Waals surface area contributed by atoms with Crippen LogP contribution in [-0.2, 0) is 24.6 Å². The average molecular weight is 435 g/mol. The molecule has 0 atom stereocenters. The number of aromatic nitrogens is 5. The molecule has 1 amide bonds. The van der Waals surface area contributed by atoms with E-state index in [9.17, 15) is 18.0 Å². The molecule has 1 fully saturated rings. The number of hydrogen-bond donors (Lipinski definition) is 1. The van der Waals surface area contributed by atoms with Gasteiger partial charge in [0, 0.05) is 50.1 Å². The van der Waals surface area contributed by atoms with Gasteiger partial charge in [-0.25, -0.2) is 0 Å². The first-order chi connectivity index (χ1) is 14.6. The highest BCUT2D eigenvalue weighted by Crippen LogP contribution is 2.30. The van der Waals surface area contributed by atoms with Gasteiger partial charge in [-0.3, -0.25) is 13.9 Å². The Morgan fingerprint density at radius 3 is 2.52 bits per heavy atom. The van der Waals surface area contributed by atoms with Crippen molar-refractivity contribution in [2.45, 2.75) is 39.4 Å². The Morgan fingerprint density at radius 2 is 1.90 bits per heavy atom. The first kappa shape index (κ1) is 21.1. The second kappa shape index (κ2) is 7.86. The van der Waals surface area contributed by atoms with E-state index in [-0.39, 0.29) is 11.8 Å². The highest BCUT2D eigenvalue weighted by atomic mass is 19.4. The fourth-order valence-corrected chi connectivity index (χ4v) is 4.00. The van der Waals surface area contributed by atoms with Crippen LogP contribution in [0.2, 0.25) is 0 Å². The average Bonchev–Trinajstić information content (AvgIpc) is 3.26. The Balaban J connectivity index is 1.40. The van der Waals surface area contributed by atoms with Crippen LogP contribution >= 0.6 is 0 Å². The molecule has 0 radical (unpaired) electrons. The van der Waals surface area contributed by atoms with Gasteiger partial charge in [0.05, 0.1) is 11.3 Å². The molecule has 1 aliphatic heterocycles. The van der Waals surface area contributed by atoms with Crippen LogP contribution in [0.1, 0.15) is 35.4 Å². The molecule has 0 saturated carbocycles. The third kappa shape index (κ3) is 4.08. The number of anilines is 1. The molecule has 0 unspecified atom stereocenters. The van der Waals surface area contributed by atoms with Gasteiger partial charge in [-0.15, -0.1) is 10.2 Å². The molecule has 1 saturated heterocycles. The van der Waals surface area contributed by atoms with Gasteiger partial charge < -0.3 is 10.2 Å². The van der Waals surface area contributed by atoms with Crippen LogP contribution in [0.5, 0.6) is 0 Å². The van der Waals surface area contributed by atoms with Gasteiger partial charge in [-0.05, 0) is 38.8 Å². The predicted octanol–water partition coefficient (Wildman–Crippen LogP) is 2.63. The van der Waals surface area contributed by atoms with Crippen molar-refractivity contribution in [2.75, 3.05) is 18.0 Å². The molecule has 0 aliphatic carbocycles. The summed E-state index contributed by atoms with van der Waals surface area (Å²) >= 11 is 0. The van der Waals surface area contributed by atoms with E-state index in [1.165, 1.54) is 10.5 Å². The molecule has 0 bridgehead atoms. The number of aryl methyl sites for hydroxylation is 2. The Labute approximate surface area is 177 Å². The Kier molecular flexibility index (Phi) is 5.36. The maximum atomic E-state index is 13.1. The number of carbonyl (C=O) groups excluding carboxylic acids is 1. The number of piperidine rings is 1. The zero-order chi connectivity index (χ0) is 22.3. The Bertz CT molecular complexity index is 1110. The minimum atomic E-state index is -4.44. The van der Waals surface area contributed by atoms with E-state index in [2.05, 4.69) is 20.6 Å². The summed E-state index contributed by atoms with van der Waals surface area (Å²) < 4.78 is 42.3. The lowest BCUT2D eigenvalue weighted by Gasteiger charge is -2.31. The second-order valence-electron chi connectivity index (χ2n) is 7.90. The lowest BCUT2D eigenvalue weighted by molar-refractivity contribution is -0.137. The molecule has 31 heavy (non-hydrogen) atoms. The maximum Gasteiger partial charge on any atom is 0.417 e. The smallest absolute Gasteiger partial charge is 0.352 e. The van der Waals surface area contributed by atoms with E-state index in [0.717, 1.165) is 29.2 Å². The highest BCUT2D eigenvalue weighted by Gasteiger charge is 2.32. The summed E-state index contributed by atoms with van der Waals surface area (Å²) in [6, 6.07) is 2.30. The summed E-state index contributed by atoms with van der Waals surface area (Å²) in [4.78, 5) is 14.5. The van der Waals surface area contributed by atoms with E-state index in [0.29, 0.717) is 44.1 Å². The number of alkyl halides is 3. The van der Waals surface area contributed by atoms with Crippen LogP contribution in [0.25, 0.3) is 5.65 Å². The third-order valence-electron chi connectivity index (χ3n) is 5.96. The number of fused-ring (bicyclic) bond motifs is 1. The van der Waals surface area contributed by atoms with Crippen LogP contribution in [0, 0.1) is 19.8 Å². The quantitative estimate of drug-likeness (QED) is 0.682. The Morgan fingerprint density at radius 1 is 1.19 bits per heavy atom. The lowest BCUT2D eigenvalue weighted by atomic mass is 9.96. The number of halogens is 3. The number of pyridine rings is 1. The van der Waals surface area contributed by atoms with Gasteiger partial charge in [-0.2, -0.15) is 18.3 Å². The van der Waals surface area contributed by atoms with Crippen molar-refractivity contribution in [3.05, 3.63) is 40.8 Å². The number of amides is 1. The molecule has 3 aromatic rings. The molecule has 1 N–H and O–H groups in total. The van der Waals surface area contributed by atoms with Gasteiger partial charge in [0.25, 0.3) is 0 Å². The van der Waals surface area contributed by atoms with Crippen molar-refractivity contribution in [3.8, 4) is 0 Å². The summed E-state index contributed by atoms with van der Waals surface area (Å²) in [6.07, 6.45) is -2.25. The van der Waals surface area contributed by atoms with Crippen molar-refractivity contribution >= 4 is 17.5 Å². The molecule has 166 valence electrons. The fourth-order valence-electron chi connectivity index (χ4n) is 4.00. The molecule has 1 aliphatic rings. The van der Waals surface area contributed by atoms with E-state index in [1.54, 1.807) is 4.68 Å². The normalized spacial score (nSPS) is 15.6. The van der Waals surface area contributed by atoms with Gasteiger partial charge in [0.2, 0.25) is 11.9 Å². The van der Waals surface area contributed by atoms with Crippen molar-refractivity contribution in [1.29, 1.82) is 0 Å². The highest BCUT2D eigenvalue weighted by molar-refractivity contribution is 5.79. The van der Waals surface area contributed by atoms with Gasteiger partial charge >= 0.3 is 6.18 Å². The van der Waals surface area contributed by atoms with E-state index < -0.39 is 11.7 Å². The molecule has 11 heteroatoms. The van der Waals surface area contributed by atoms with E-state index >= 15 is 0 Å². The van der Waals surface area contributed by atoms with Crippen LogP contribution in [0.3, 0.4) is 0 Å². The van der Waals surface area contributed by atoms with E-state index in [4.69, 9.17) is 0 Å². The molecule has 3 aromatic heterocycles. The minimum absolute atomic E-state index is 0.0206. The number of hydrogen-bond acceptors (Lipinski definition) is 5. The maximum absolute atomic E-state index is 13.1. The molecule has 4 heterocycles. The van der Waals surface area contributed by atoms with Crippen LogP contribution in [0.4, 0.5) is 19.1 Å². The summed E-state index contributed by atoms with van der Waals surface area (Å²) in [6.45, 7) is 5.34. The van der Waals surface area contributed by atoms with Gasteiger partial charge in [0.1, 0.15) is 0 Å². The van der Waals surface area contributed by atoms with Crippen molar-refractivity contribution < 1.29 is 18.0 Å². The van der Waals surface area contributed by atoms with Crippen molar-refractivity contribution in [1.82, 2.24) is 29.7 Å². The Hall–Kier alpha value is -3.11. The molecule has 4 rings (SSSR count). The zero-order valence-electron chi connectivity index (χ0n) is 17.6. The lowest BCUT2D eigenvalue weighted by Crippen LogP contribution is -2.41. The molecule has 8 nitrogen and oxygen atoms in total. The van der Waals surface area contributed by atoms with Crippen molar-refractivity contribution in [3.63, 3.8) is 0 Å². The second-order valence-corrected chi connectivity index (χ2v) is 7.90. The SMILES string of the molecule is Cc1nn(C)c(C)c1CNC(=O)C1CCN(c2nnc3ccc(C(F)(F)F)cn23)CC1.